The van der Waals surface area contributed by atoms with Gasteiger partial charge in [-0.3, -0.25) is 14.1 Å². The molecule has 122 valence electrons. The summed E-state index contributed by atoms with van der Waals surface area (Å²) >= 11 is 0. The van der Waals surface area contributed by atoms with Crippen LogP contribution in [-0.4, -0.2) is 32.1 Å². The van der Waals surface area contributed by atoms with Crippen LogP contribution in [0.25, 0.3) is 0 Å². The minimum Gasteiger partial charge on any atom is -0.349 e. The molecule has 0 aliphatic carbocycles. The highest BCUT2D eigenvalue weighted by atomic mass is 32.2. The summed E-state index contributed by atoms with van der Waals surface area (Å²) < 4.78 is 25.2. The Morgan fingerprint density at radius 3 is 2.48 bits per heavy atom. The summed E-state index contributed by atoms with van der Waals surface area (Å²) in [5.74, 6) is -0.385. The number of benzene rings is 1. The van der Waals surface area contributed by atoms with E-state index >= 15 is 0 Å². The van der Waals surface area contributed by atoms with E-state index in [1.807, 2.05) is 12.1 Å². The van der Waals surface area contributed by atoms with Crippen molar-refractivity contribution >= 4 is 21.6 Å². The molecule has 23 heavy (non-hydrogen) atoms. The van der Waals surface area contributed by atoms with Crippen LogP contribution in [0.1, 0.15) is 11.3 Å². The Morgan fingerprint density at radius 2 is 1.87 bits per heavy atom. The number of amides is 1. The van der Waals surface area contributed by atoms with Crippen molar-refractivity contribution < 1.29 is 13.2 Å². The number of pyridine rings is 1. The summed E-state index contributed by atoms with van der Waals surface area (Å²) in [6.07, 6.45) is 2.73. The lowest BCUT2D eigenvalue weighted by Crippen LogP contribution is -2.40. The Morgan fingerprint density at radius 1 is 1.17 bits per heavy atom. The lowest BCUT2D eigenvalue weighted by Gasteiger charge is -2.23. The molecule has 7 heteroatoms. The van der Waals surface area contributed by atoms with Crippen molar-refractivity contribution in [2.24, 2.45) is 0 Å². The number of para-hydroxylation sites is 1. The van der Waals surface area contributed by atoms with Gasteiger partial charge < -0.3 is 5.32 Å². The van der Waals surface area contributed by atoms with E-state index in [2.05, 4.69) is 10.3 Å². The number of sulfonamides is 1. The monoisotopic (exact) mass is 333 g/mol. The second kappa shape index (κ2) is 7.23. The van der Waals surface area contributed by atoms with E-state index in [4.69, 9.17) is 0 Å². The van der Waals surface area contributed by atoms with Crippen molar-refractivity contribution in [3.63, 3.8) is 0 Å². The molecule has 1 aromatic heterocycles. The number of aryl methyl sites for hydroxylation is 1. The minimum atomic E-state index is -3.56. The molecule has 1 aromatic carbocycles. The van der Waals surface area contributed by atoms with Gasteiger partial charge in [-0.25, -0.2) is 8.42 Å². The summed E-state index contributed by atoms with van der Waals surface area (Å²) in [4.78, 5) is 16.2. The van der Waals surface area contributed by atoms with Crippen LogP contribution in [0.5, 0.6) is 0 Å². The first-order valence-electron chi connectivity index (χ1n) is 7.08. The maximum absolute atomic E-state index is 12.1. The van der Waals surface area contributed by atoms with E-state index in [-0.39, 0.29) is 19.0 Å². The number of carbonyl (C=O) groups excluding carboxylic acids is 1. The van der Waals surface area contributed by atoms with E-state index in [1.165, 1.54) is 0 Å². The number of anilines is 1. The predicted molar refractivity (Wildman–Crippen MR) is 89.5 cm³/mol. The van der Waals surface area contributed by atoms with Crippen LogP contribution in [0.15, 0.2) is 48.7 Å². The van der Waals surface area contributed by atoms with Crippen LogP contribution in [0.2, 0.25) is 0 Å². The molecule has 1 N–H and O–H groups in total. The smallest absolute Gasteiger partial charge is 0.241 e. The molecule has 0 aliphatic heterocycles. The van der Waals surface area contributed by atoms with E-state index in [0.717, 1.165) is 16.1 Å². The third-order valence-electron chi connectivity index (χ3n) is 3.26. The summed E-state index contributed by atoms with van der Waals surface area (Å²) in [7, 11) is -3.56. The maximum Gasteiger partial charge on any atom is 0.241 e. The fraction of sp³-hybridized carbons (Fsp3) is 0.250. The molecule has 0 fully saturated rings. The van der Waals surface area contributed by atoms with Gasteiger partial charge in [-0.15, -0.1) is 0 Å². The Bertz CT molecular complexity index is 776. The summed E-state index contributed by atoms with van der Waals surface area (Å²) in [6, 6.07) is 12.4. The van der Waals surface area contributed by atoms with Crippen molar-refractivity contribution in [2.75, 3.05) is 17.1 Å². The van der Waals surface area contributed by atoms with Gasteiger partial charge in [0.1, 0.15) is 6.54 Å². The van der Waals surface area contributed by atoms with Gasteiger partial charge >= 0.3 is 0 Å². The molecule has 2 rings (SSSR count). The van der Waals surface area contributed by atoms with E-state index < -0.39 is 10.0 Å². The molecule has 0 radical (unpaired) electrons. The molecule has 0 atom stereocenters. The van der Waals surface area contributed by atoms with E-state index in [9.17, 15) is 13.2 Å². The third-order valence-corrected chi connectivity index (χ3v) is 4.39. The average Bonchev–Trinajstić information content (AvgIpc) is 2.51. The second-order valence-corrected chi connectivity index (χ2v) is 7.06. The number of carbonyl (C=O) groups is 1. The highest BCUT2D eigenvalue weighted by Gasteiger charge is 2.21. The third kappa shape index (κ3) is 4.79. The van der Waals surface area contributed by atoms with Crippen LogP contribution in [0.3, 0.4) is 0 Å². The Balaban J connectivity index is 2.10. The Labute approximate surface area is 136 Å². The van der Waals surface area contributed by atoms with Gasteiger partial charge in [0.25, 0.3) is 0 Å². The molecule has 0 unspecified atom stereocenters. The van der Waals surface area contributed by atoms with Gasteiger partial charge in [0, 0.05) is 6.20 Å². The minimum absolute atomic E-state index is 0.255. The number of hydrogen-bond acceptors (Lipinski definition) is 4. The number of rotatable bonds is 6. The molecule has 0 bridgehead atoms. The Kier molecular flexibility index (Phi) is 5.33. The highest BCUT2D eigenvalue weighted by molar-refractivity contribution is 7.92. The zero-order valence-corrected chi connectivity index (χ0v) is 13.9. The molecule has 0 spiro atoms. The number of hydrogen-bond donors (Lipinski definition) is 1. The molecule has 1 heterocycles. The lowest BCUT2D eigenvalue weighted by atomic mass is 10.2. The molecule has 0 aliphatic rings. The average molecular weight is 333 g/mol. The fourth-order valence-electron chi connectivity index (χ4n) is 2.10. The van der Waals surface area contributed by atoms with Crippen molar-refractivity contribution in [1.29, 1.82) is 0 Å². The van der Waals surface area contributed by atoms with Gasteiger partial charge in [0.05, 0.1) is 24.2 Å². The summed E-state index contributed by atoms with van der Waals surface area (Å²) in [5.41, 5.74) is 2.00. The van der Waals surface area contributed by atoms with Crippen LogP contribution < -0.4 is 9.62 Å². The zero-order chi connectivity index (χ0) is 16.9. The first-order chi connectivity index (χ1) is 10.9. The van der Waals surface area contributed by atoms with Gasteiger partial charge in [0.2, 0.25) is 15.9 Å². The molecule has 1 amide bonds. The van der Waals surface area contributed by atoms with Crippen LogP contribution in [-0.2, 0) is 21.4 Å². The van der Waals surface area contributed by atoms with Gasteiger partial charge in [-0.05, 0) is 30.7 Å². The zero-order valence-electron chi connectivity index (χ0n) is 13.1. The topological polar surface area (TPSA) is 79.4 Å². The van der Waals surface area contributed by atoms with Gasteiger partial charge in [0.15, 0.2) is 0 Å². The maximum atomic E-state index is 12.1. The molecular formula is C16H19N3O3S. The van der Waals surface area contributed by atoms with Crippen molar-refractivity contribution in [3.05, 3.63) is 59.9 Å². The Hall–Kier alpha value is -2.41. The van der Waals surface area contributed by atoms with Gasteiger partial charge in [-0.1, -0.05) is 24.3 Å². The number of nitrogens with zero attached hydrogens (tertiary/aromatic N) is 2. The second-order valence-electron chi connectivity index (χ2n) is 5.15. The summed E-state index contributed by atoms with van der Waals surface area (Å²) in [6.45, 7) is 1.79. The molecule has 6 nitrogen and oxygen atoms in total. The predicted octanol–water partition coefficient (Wildman–Crippen LogP) is 1.47. The fourth-order valence-corrected chi connectivity index (χ4v) is 3.02. The largest absolute Gasteiger partial charge is 0.349 e. The molecular weight excluding hydrogens is 314 g/mol. The quantitative estimate of drug-likeness (QED) is 0.868. The van der Waals surface area contributed by atoms with Crippen molar-refractivity contribution in [3.8, 4) is 0 Å². The SMILES string of the molecule is Cc1ccccc1N(CC(=O)NCc1ccccn1)S(C)(=O)=O. The van der Waals surface area contributed by atoms with Crippen LogP contribution in [0.4, 0.5) is 5.69 Å². The first-order valence-corrected chi connectivity index (χ1v) is 8.92. The van der Waals surface area contributed by atoms with Crippen molar-refractivity contribution in [2.45, 2.75) is 13.5 Å². The summed E-state index contributed by atoms with van der Waals surface area (Å²) in [5, 5.41) is 2.68. The normalized spacial score (nSPS) is 11.0. The molecule has 0 saturated carbocycles. The highest BCUT2D eigenvalue weighted by Crippen LogP contribution is 2.21. The number of aromatic nitrogens is 1. The number of nitrogens with one attached hydrogen (secondary N) is 1. The van der Waals surface area contributed by atoms with Crippen LogP contribution >= 0.6 is 0 Å². The first kappa shape index (κ1) is 17.0. The molecule has 2 aromatic rings. The van der Waals surface area contributed by atoms with Crippen LogP contribution in [0, 0.1) is 6.92 Å². The molecule has 0 saturated heterocycles. The van der Waals surface area contributed by atoms with E-state index in [1.54, 1.807) is 43.5 Å². The van der Waals surface area contributed by atoms with Gasteiger partial charge in [-0.2, -0.15) is 0 Å². The van der Waals surface area contributed by atoms with Crippen molar-refractivity contribution in [1.82, 2.24) is 10.3 Å². The lowest BCUT2D eigenvalue weighted by molar-refractivity contribution is -0.119. The van der Waals surface area contributed by atoms with E-state index in [0.29, 0.717) is 11.4 Å². The standard InChI is InChI=1S/C16H19N3O3S/c1-13-7-3-4-9-15(13)19(23(2,21)22)12-16(20)18-11-14-8-5-6-10-17-14/h3-10H,11-12H2,1-2H3,(H,18,20).